The lowest BCUT2D eigenvalue weighted by Crippen LogP contribution is -2.30. The molecule has 0 aliphatic carbocycles. The Morgan fingerprint density at radius 1 is 1.00 bits per heavy atom. The van der Waals surface area contributed by atoms with Gasteiger partial charge in [0.25, 0.3) is 5.91 Å². The molecule has 2 aromatic rings. The van der Waals surface area contributed by atoms with E-state index in [9.17, 15) is 4.79 Å². The number of hydrogen-bond donors (Lipinski definition) is 0. The van der Waals surface area contributed by atoms with Crippen molar-refractivity contribution in [3.63, 3.8) is 0 Å². The van der Waals surface area contributed by atoms with Gasteiger partial charge in [-0.2, -0.15) is 0 Å². The first-order valence-electron chi connectivity index (χ1n) is 8.08. The van der Waals surface area contributed by atoms with Crippen LogP contribution < -0.4 is 9.47 Å². The molecule has 4 nitrogen and oxygen atoms in total. The highest BCUT2D eigenvalue weighted by Gasteiger charge is 2.31. The average molecular weight is 309 g/mol. The van der Waals surface area contributed by atoms with Crippen molar-refractivity contribution >= 4 is 5.91 Å². The molecule has 0 spiro atoms. The molecule has 4 heteroatoms. The summed E-state index contributed by atoms with van der Waals surface area (Å²) in [5.74, 6) is 1.68. The monoisotopic (exact) mass is 309 g/mol. The first-order valence-corrected chi connectivity index (χ1v) is 8.08. The average Bonchev–Trinajstić information content (AvgIpc) is 3.11. The fourth-order valence-corrected chi connectivity index (χ4v) is 3.37. The molecule has 0 aromatic heterocycles. The number of ether oxygens (including phenoxy) is 2. The maximum atomic E-state index is 12.8. The fraction of sp³-hybridized carbons (Fsp3) is 0.316. The second-order valence-electron chi connectivity index (χ2n) is 5.93. The minimum atomic E-state index is 0.1000. The first-order chi connectivity index (χ1) is 11.3. The molecule has 118 valence electrons. The van der Waals surface area contributed by atoms with Gasteiger partial charge in [0, 0.05) is 12.1 Å². The van der Waals surface area contributed by atoms with E-state index < -0.39 is 0 Å². The SMILES string of the molecule is O=C(c1ccccc1)N1CCC[C@H]1c1ccc2c(c1)OCCO2. The summed E-state index contributed by atoms with van der Waals surface area (Å²) < 4.78 is 11.3. The molecule has 4 rings (SSSR count). The largest absolute Gasteiger partial charge is 0.486 e. The highest BCUT2D eigenvalue weighted by Crippen LogP contribution is 2.38. The highest BCUT2D eigenvalue weighted by molar-refractivity contribution is 5.94. The Kier molecular flexibility index (Phi) is 3.66. The van der Waals surface area contributed by atoms with E-state index in [0.717, 1.165) is 42.0 Å². The molecule has 2 aromatic carbocycles. The van der Waals surface area contributed by atoms with Crippen LogP contribution >= 0.6 is 0 Å². The Balaban J connectivity index is 1.62. The van der Waals surface area contributed by atoms with Gasteiger partial charge in [-0.25, -0.2) is 0 Å². The molecular formula is C19H19NO3. The molecule has 0 saturated carbocycles. The summed E-state index contributed by atoms with van der Waals surface area (Å²) in [5, 5.41) is 0. The van der Waals surface area contributed by atoms with Crippen molar-refractivity contribution in [3.05, 3.63) is 59.7 Å². The summed E-state index contributed by atoms with van der Waals surface area (Å²) >= 11 is 0. The third-order valence-electron chi connectivity index (χ3n) is 4.49. The van der Waals surface area contributed by atoms with Crippen LogP contribution in [0, 0.1) is 0 Å². The molecule has 2 aliphatic rings. The normalized spacial score (nSPS) is 19.7. The molecule has 2 heterocycles. The van der Waals surface area contributed by atoms with E-state index in [-0.39, 0.29) is 11.9 Å². The van der Waals surface area contributed by atoms with Crippen LogP contribution in [0.25, 0.3) is 0 Å². The zero-order chi connectivity index (χ0) is 15.6. The summed E-state index contributed by atoms with van der Waals surface area (Å²) in [7, 11) is 0. The molecule has 2 aliphatic heterocycles. The van der Waals surface area contributed by atoms with Gasteiger partial charge in [0.1, 0.15) is 13.2 Å². The Morgan fingerprint density at radius 2 is 1.78 bits per heavy atom. The van der Waals surface area contributed by atoms with E-state index >= 15 is 0 Å². The third-order valence-corrected chi connectivity index (χ3v) is 4.49. The Morgan fingerprint density at radius 3 is 2.61 bits per heavy atom. The molecule has 1 saturated heterocycles. The zero-order valence-corrected chi connectivity index (χ0v) is 12.9. The van der Waals surface area contributed by atoms with Gasteiger partial charge in [0.05, 0.1) is 6.04 Å². The predicted molar refractivity (Wildman–Crippen MR) is 86.9 cm³/mol. The summed E-state index contributed by atoms with van der Waals surface area (Å²) in [6.07, 6.45) is 2.01. The molecular weight excluding hydrogens is 290 g/mol. The quantitative estimate of drug-likeness (QED) is 0.853. The van der Waals surface area contributed by atoms with Gasteiger partial charge < -0.3 is 14.4 Å². The number of carbonyl (C=O) groups excluding carboxylic acids is 1. The molecule has 1 atom stereocenters. The Hall–Kier alpha value is -2.49. The van der Waals surface area contributed by atoms with E-state index in [1.165, 1.54) is 0 Å². The van der Waals surface area contributed by atoms with Gasteiger partial charge in [0.15, 0.2) is 11.5 Å². The van der Waals surface area contributed by atoms with Crippen molar-refractivity contribution < 1.29 is 14.3 Å². The van der Waals surface area contributed by atoms with Crippen molar-refractivity contribution in [2.75, 3.05) is 19.8 Å². The number of hydrogen-bond acceptors (Lipinski definition) is 3. The van der Waals surface area contributed by atoms with Crippen LogP contribution in [0.3, 0.4) is 0 Å². The zero-order valence-electron chi connectivity index (χ0n) is 12.9. The van der Waals surface area contributed by atoms with Crippen molar-refractivity contribution in [2.24, 2.45) is 0 Å². The van der Waals surface area contributed by atoms with Crippen molar-refractivity contribution in [2.45, 2.75) is 18.9 Å². The van der Waals surface area contributed by atoms with Crippen molar-refractivity contribution in [3.8, 4) is 11.5 Å². The minimum absolute atomic E-state index is 0.1000. The number of carbonyl (C=O) groups is 1. The van der Waals surface area contributed by atoms with E-state index in [4.69, 9.17) is 9.47 Å². The first kappa shape index (κ1) is 14.1. The van der Waals surface area contributed by atoms with Crippen molar-refractivity contribution in [1.82, 2.24) is 4.90 Å². The van der Waals surface area contributed by atoms with Gasteiger partial charge in [0.2, 0.25) is 0 Å². The second-order valence-corrected chi connectivity index (χ2v) is 5.93. The number of likely N-dealkylation sites (tertiary alicyclic amines) is 1. The molecule has 0 radical (unpaired) electrons. The minimum Gasteiger partial charge on any atom is -0.486 e. The van der Waals surface area contributed by atoms with Gasteiger partial charge in [-0.05, 0) is 42.7 Å². The van der Waals surface area contributed by atoms with Crippen LogP contribution in [0.5, 0.6) is 11.5 Å². The van der Waals surface area contributed by atoms with E-state index in [0.29, 0.717) is 13.2 Å². The van der Waals surface area contributed by atoms with Crippen LogP contribution in [0.15, 0.2) is 48.5 Å². The summed E-state index contributed by atoms with van der Waals surface area (Å²) in [4.78, 5) is 14.8. The third kappa shape index (κ3) is 2.65. The maximum Gasteiger partial charge on any atom is 0.254 e. The highest BCUT2D eigenvalue weighted by atomic mass is 16.6. The summed E-state index contributed by atoms with van der Waals surface area (Å²) in [6.45, 7) is 1.97. The van der Waals surface area contributed by atoms with Crippen LogP contribution in [0.1, 0.15) is 34.8 Å². The lowest BCUT2D eigenvalue weighted by atomic mass is 10.0. The van der Waals surface area contributed by atoms with Gasteiger partial charge in [-0.1, -0.05) is 24.3 Å². The molecule has 0 N–H and O–H groups in total. The van der Waals surface area contributed by atoms with Crippen LogP contribution in [-0.4, -0.2) is 30.6 Å². The Bertz CT molecular complexity index is 714. The maximum absolute atomic E-state index is 12.8. The number of amides is 1. The molecule has 23 heavy (non-hydrogen) atoms. The lowest BCUT2D eigenvalue weighted by Gasteiger charge is -2.27. The number of fused-ring (bicyclic) bond motifs is 1. The van der Waals surface area contributed by atoms with Crippen LogP contribution in [0.4, 0.5) is 0 Å². The van der Waals surface area contributed by atoms with E-state index in [1.807, 2.05) is 47.4 Å². The lowest BCUT2D eigenvalue weighted by molar-refractivity contribution is 0.0735. The summed E-state index contributed by atoms with van der Waals surface area (Å²) in [5.41, 5.74) is 1.87. The number of nitrogens with zero attached hydrogens (tertiary/aromatic N) is 1. The molecule has 0 bridgehead atoms. The van der Waals surface area contributed by atoms with Gasteiger partial charge >= 0.3 is 0 Å². The van der Waals surface area contributed by atoms with Crippen molar-refractivity contribution in [1.29, 1.82) is 0 Å². The molecule has 1 fully saturated rings. The number of benzene rings is 2. The topological polar surface area (TPSA) is 38.8 Å². The summed E-state index contributed by atoms with van der Waals surface area (Å²) in [6, 6.07) is 15.6. The van der Waals surface area contributed by atoms with E-state index in [2.05, 4.69) is 6.07 Å². The fourth-order valence-electron chi connectivity index (χ4n) is 3.37. The van der Waals surface area contributed by atoms with Gasteiger partial charge in [-0.3, -0.25) is 4.79 Å². The van der Waals surface area contributed by atoms with Crippen LogP contribution in [0.2, 0.25) is 0 Å². The van der Waals surface area contributed by atoms with Crippen LogP contribution in [-0.2, 0) is 0 Å². The smallest absolute Gasteiger partial charge is 0.254 e. The second kappa shape index (κ2) is 5.95. The van der Waals surface area contributed by atoms with Gasteiger partial charge in [-0.15, -0.1) is 0 Å². The predicted octanol–water partition coefficient (Wildman–Crippen LogP) is 3.44. The standard InChI is InChI=1S/C19H19NO3/c21-19(14-5-2-1-3-6-14)20-10-4-7-16(20)15-8-9-17-18(13-15)23-12-11-22-17/h1-3,5-6,8-9,13,16H,4,7,10-12H2/t16-/m0/s1. The Labute approximate surface area is 135 Å². The number of rotatable bonds is 2. The molecule has 1 amide bonds. The molecule has 0 unspecified atom stereocenters. The van der Waals surface area contributed by atoms with E-state index in [1.54, 1.807) is 0 Å².